The van der Waals surface area contributed by atoms with Gasteiger partial charge in [0.25, 0.3) is 0 Å². The van der Waals surface area contributed by atoms with Crippen molar-refractivity contribution >= 4 is 64.2 Å². The summed E-state index contributed by atoms with van der Waals surface area (Å²) in [6.07, 6.45) is 0. The molecule has 60 heavy (non-hydrogen) atoms. The molecule has 0 aliphatic rings. The zero-order chi connectivity index (χ0) is 39.6. The lowest BCUT2D eigenvalue weighted by Gasteiger charge is -2.10. The Labute approximate surface area is 349 Å². The number of aromatic nitrogens is 3. The third-order valence-electron chi connectivity index (χ3n) is 11.6. The monoisotopic (exact) mass is 783 g/mol. The molecule has 12 aromatic rings. The highest BCUT2D eigenvalue weighted by Crippen LogP contribution is 2.44. The highest BCUT2D eigenvalue weighted by molar-refractivity contribution is 7.26. The van der Waals surface area contributed by atoms with E-state index in [1.54, 1.807) is 11.3 Å². The third-order valence-corrected chi connectivity index (χ3v) is 12.8. The zero-order valence-electron chi connectivity index (χ0n) is 32.2. The van der Waals surface area contributed by atoms with Gasteiger partial charge in [-0.05, 0) is 74.5 Å². The predicted octanol–water partition coefficient (Wildman–Crippen LogP) is 15.3. The first-order chi connectivity index (χ1) is 29.7. The number of benzene rings is 9. The Morgan fingerprint density at radius 2 is 0.917 bits per heavy atom. The largest absolute Gasteiger partial charge is 0.455 e. The quantitative estimate of drug-likeness (QED) is 0.169. The normalized spacial score (nSPS) is 11.7. The summed E-state index contributed by atoms with van der Waals surface area (Å²) >= 11 is 1.78. The van der Waals surface area contributed by atoms with Gasteiger partial charge in [-0.15, -0.1) is 11.3 Å². The molecule has 280 valence electrons. The van der Waals surface area contributed by atoms with Gasteiger partial charge in [-0.3, -0.25) is 0 Å². The standard InChI is InChI=1S/C55H33N3OS/c1-3-15-34(16-4-1)38-21-9-10-23-40(38)37-31-32-49-47(33-37)43-26-12-29-46(52(43)60-49)55-57-53(36-18-5-2-6-19-36)56-54(58-55)45-28-13-27-44-50-42(25-14-30-48(50)59-51(44)45)41-24-11-20-35-17-7-8-22-39(35)41/h1-33H. The van der Waals surface area contributed by atoms with E-state index in [2.05, 4.69) is 182 Å². The van der Waals surface area contributed by atoms with E-state index in [9.17, 15) is 0 Å². The maximum Gasteiger partial charge on any atom is 0.167 e. The average molecular weight is 784 g/mol. The molecule has 3 heterocycles. The first-order valence-electron chi connectivity index (χ1n) is 20.1. The summed E-state index contributed by atoms with van der Waals surface area (Å²) in [6.45, 7) is 0. The van der Waals surface area contributed by atoms with Gasteiger partial charge in [-0.25, -0.2) is 15.0 Å². The SMILES string of the molecule is c1ccc(-c2nc(-c3cccc4c3oc3cccc(-c5cccc6ccccc56)c34)nc(-c3cccc4c3sc3ccc(-c5ccccc5-c5ccccc5)cc34)n2)cc1. The van der Waals surface area contributed by atoms with Crippen LogP contribution in [0.15, 0.2) is 205 Å². The minimum atomic E-state index is 0.563. The second-order valence-electron chi connectivity index (χ2n) is 15.1. The first kappa shape index (κ1) is 34.3. The van der Waals surface area contributed by atoms with Crippen LogP contribution < -0.4 is 0 Å². The molecule has 0 unspecified atom stereocenters. The molecule has 0 fully saturated rings. The minimum Gasteiger partial charge on any atom is -0.455 e. The fourth-order valence-corrected chi connectivity index (χ4v) is 9.98. The van der Waals surface area contributed by atoms with Crippen LogP contribution in [-0.4, -0.2) is 15.0 Å². The number of furan rings is 1. The van der Waals surface area contributed by atoms with Crippen LogP contribution in [0.1, 0.15) is 0 Å². The third kappa shape index (κ3) is 5.63. The number of hydrogen-bond donors (Lipinski definition) is 0. The van der Waals surface area contributed by atoms with Crippen LogP contribution in [-0.2, 0) is 0 Å². The summed E-state index contributed by atoms with van der Waals surface area (Å²) < 4.78 is 9.15. The molecule has 0 spiro atoms. The predicted molar refractivity (Wildman–Crippen MR) is 250 cm³/mol. The number of fused-ring (bicyclic) bond motifs is 7. The molecule has 0 bridgehead atoms. The molecular weight excluding hydrogens is 751 g/mol. The van der Waals surface area contributed by atoms with E-state index in [0.717, 1.165) is 48.9 Å². The zero-order valence-corrected chi connectivity index (χ0v) is 33.0. The van der Waals surface area contributed by atoms with E-state index in [1.807, 2.05) is 18.2 Å². The molecule has 9 aromatic carbocycles. The summed E-state index contributed by atoms with van der Waals surface area (Å²) in [7, 11) is 0. The van der Waals surface area contributed by atoms with Crippen LogP contribution >= 0.6 is 11.3 Å². The molecular formula is C55H33N3OS. The maximum absolute atomic E-state index is 6.80. The number of thiophene rings is 1. The van der Waals surface area contributed by atoms with Crippen molar-refractivity contribution in [2.24, 2.45) is 0 Å². The van der Waals surface area contributed by atoms with Crippen molar-refractivity contribution in [3.8, 4) is 67.5 Å². The van der Waals surface area contributed by atoms with Crippen molar-refractivity contribution in [2.45, 2.75) is 0 Å². The smallest absolute Gasteiger partial charge is 0.167 e. The van der Waals surface area contributed by atoms with Gasteiger partial charge < -0.3 is 4.42 Å². The highest BCUT2D eigenvalue weighted by Gasteiger charge is 2.22. The summed E-state index contributed by atoms with van der Waals surface area (Å²) in [5.41, 5.74) is 11.4. The van der Waals surface area contributed by atoms with Crippen LogP contribution in [0.5, 0.6) is 0 Å². The molecule has 3 aromatic heterocycles. The van der Waals surface area contributed by atoms with Gasteiger partial charge in [0.15, 0.2) is 17.5 Å². The molecule has 4 nitrogen and oxygen atoms in total. The first-order valence-corrected chi connectivity index (χ1v) is 20.9. The Morgan fingerprint density at radius 3 is 1.75 bits per heavy atom. The van der Waals surface area contributed by atoms with Crippen molar-refractivity contribution in [3.63, 3.8) is 0 Å². The van der Waals surface area contributed by atoms with Gasteiger partial charge in [0, 0.05) is 42.1 Å². The van der Waals surface area contributed by atoms with Gasteiger partial charge in [-0.1, -0.05) is 170 Å². The van der Waals surface area contributed by atoms with Crippen LogP contribution in [0.3, 0.4) is 0 Å². The van der Waals surface area contributed by atoms with Crippen LogP contribution in [0, 0.1) is 0 Å². The number of hydrogen-bond acceptors (Lipinski definition) is 5. The minimum absolute atomic E-state index is 0.563. The van der Waals surface area contributed by atoms with E-state index in [4.69, 9.17) is 19.4 Å². The molecule has 0 amide bonds. The molecule has 0 saturated carbocycles. The van der Waals surface area contributed by atoms with E-state index in [-0.39, 0.29) is 0 Å². The summed E-state index contributed by atoms with van der Waals surface area (Å²) in [6, 6.07) is 70.4. The Hall–Kier alpha value is -7.73. The summed E-state index contributed by atoms with van der Waals surface area (Å²) in [4.78, 5) is 15.6. The van der Waals surface area contributed by atoms with E-state index >= 15 is 0 Å². The Kier molecular flexibility index (Phi) is 8.00. The van der Waals surface area contributed by atoms with Crippen molar-refractivity contribution in [3.05, 3.63) is 200 Å². The molecule has 0 aliphatic heterocycles. The van der Waals surface area contributed by atoms with Crippen LogP contribution in [0.4, 0.5) is 0 Å². The lowest BCUT2D eigenvalue weighted by Crippen LogP contribution is -2.00. The second-order valence-corrected chi connectivity index (χ2v) is 16.1. The van der Waals surface area contributed by atoms with Crippen LogP contribution in [0.2, 0.25) is 0 Å². The number of rotatable bonds is 6. The fourth-order valence-electron chi connectivity index (χ4n) is 8.79. The number of para-hydroxylation sites is 1. The summed E-state index contributed by atoms with van der Waals surface area (Å²) in [5, 5.41) is 6.89. The molecule has 5 heteroatoms. The lowest BCUT2D eigenvalue weighted by molar-refractivity contribution is 0.669. The number of nitrogens with zero attached hydrogens (tertiary/aromatic N) is 3. The van der Waals surface area contributed by atoms with Crippen LogP contribution in [0.25, 0.3) is 120 Å². The van der Waals surface area contributed by atoms with Gasteiger partial charge in [0.05, 0.1) is 5.56 Å². The molecule has 0 atom stereocenters. The molecule has 0 N–H and O–H groups in total. The maximum atomic E-state index is 6.80. The fraction of sp³-hybridized carbons (Fsp3) is 0. The average Bonchev–Trinajstić information content (AvgIpc) is 3.90. The molecule has 0 aliphatic carbocycles. The van der Waals surface area contributed by atoms with Gasteiger partial charge in [0.1, 0.15) is 11.2 Å². The van der Waals surface area contributed by atoms with E-state index in [0.29, 0.717) is 17.5 Å². The Balaban J connectivity index is 1.04. The lowest BCUT2D eigenvalue weighted by atomic mass is 9.94. The van der Waals surface area contributed by atoms with Crippen molar-refractivity contribution < 1.29 is 4.42 Å². The van der Waals surface area contributed by atoms with E-state index in [1.165, 1.54) is 54.1 Å². The molecule has 12 rings (SSSR count). The second kappa shape index (κ2) is 14.0. The van der Waals surface area contributed by atoms with Gasteiger partial charge >= 0.3 is 0 Å². The molecule has 0 saturated heterocycles. The highest BCUT2D eigenvalue weighted by atomic mass is 32.1. The van der Waals surface area contributed by atoms with Crippen molar-refractivity contribution in [1.82, 2.24) is 15.0 Å². The Morgan fingerprint density at radius 1 is 0.350 bits per heavy atom. The van der Waals surface area contributed by atoms with Gasteiger partial charge in [0.2, 0.25) is 0 Å². The Bertz CT molecular complexity index is 3600. The molecule has 0 radical (unpaired) electrons. The summed E-state index contributed by atoms with van der Waals surface area (Å²) in [5.74, 6) is 1.79. The van der Waals surface area contributed by atoms with Crippen molar-refractivity contribution in [1.29, 1.82) is 0 Å². The topological polar surface area (TPSA) is 51.8 Å². The van der Waals surface area contributed by atoms with Gasteiger partial charge in [-0.2, -0.15) is 0 Å². The van der Waals surface area contributed by atoms with Crippen molar-refractivity contribution in [2.75, 3.05) is 0 Å². The van der Waals surface area contributed by atoms with E-state index < -0.39 is 0 Å².